The fraction of sp³-hybridized carbons (Fsp3) is 0.917. The van der Waals surface area contributed by atoms with Crippen molar-refractivity contribution in [3.63, 3.8) is 0 Å². The number of rotatable bonds is 5. The third kappa shape index (κ3) is 3.69. The molecule has 1 aliphatic heterocycles. The zero-order valence-corrected chi connectivity index (χ0v) is 12.4. The maximum absolute atomic E-state index is 12.2. The highest BCUT2D eigenvalue weighted by molar-refractivity contribution is 7.87. The van der Waals surface area contributed by atoms with E-state index in [-0.39, 0.29) is 24.5 Å². The molecule has 116 valence electrons. The van der Waals surface area contributed by atoms with E-state index in [1.807, 2.05) is 0 Å². The van der Waals surface area contributed by atoms with Gasteiger partial charge in [0.15, 0.2) is 0 Å². The largest absolute Gasteiger partial charge is 0.466 e. The predicted molar refractivity (Wildman–Crippen MR) is 72.0 cm³/mol. The van der Waals surface area contributed by atoms with Crippen molar-refractivity contribution in [1.82, 2.24) is 9.03 Å². The first-order valence-electron chi connectivity index (χ1n) is 7.04. The highest BCUT2D eigenvalue weighted by Gasteiger charge is 2.37. The first-order chi connectivity index (χ1) is 9.42. The molecule has 0 spiro atoms. The molecule has 0 radical (unpaired) electrons. The van der Waals surface area contributed by atoms with Crippen LogP contribution in [0.15, 0.2) is 0 Å². The maximum atomic E-state index is 12.2. The summed E-state index contributed by atoms with van der Waals surface area (Å²) in [5, 5.41) is 9.19. The lowest BCUT2D eigenvalue weighted by molar-refractivity contribution is -0.149. The number of aliphatic hydroxyl groups is 1. The summed E-state index contributed by atoms with van der Waals surface area (Å²) < 4.78 is 33.2. The lowest BCUT2D eigenvalue weighted by Gasteiger charge is -2.36. The lowest BCUT2D eigenvalue weighted by Crippen LogP contribution is -2.54. The second-order valence-electron chi connectivity index (χ2n) is 5.39. The normalized spacial score (nSPS) is 31.6. The molecule has 20 heavy (non-hydrogen) atoms. The van der Waals surface area contributed by atoms with Crippen molar-refractivity contribution in [3.05, 3.63) is 0 Å². The second-order valence-corrected chi connectivity index (χ2v) is 7.10. The summed E-state index contributed by atoms with van der Waals surface area (Å²) in [6.07, 6.45) is 1.81. The molecular weight excluding hydrogens is 284 g/mol. The SMILES string of the molecule is CCOC(=O)C1CCCN(S(=O)(=O)NC2CC(O)C2)C1. The summed E-state index contributed by atoms with van der Waals surface area (Å²) in [5.41, 5.74) is 0. The van der Waals surface area contributed by atoms with Crippen LogP contribution in [0.4, 0.5) is 0 Å². The van der Waals surface area contributed by atoms with Crippen molar-refractivity contribution < 1.29 is 23.1 Å². The summed E-state index contributed by atoms with van der Waals surface area (Å²) in [4.78, 5) is 11.7. The van der Waals surface area contributed by atoms with Gasteiger partial charge >= 0.3 is 5.97 Å². The molecule has 1 unspecified atom stereocenters. The molecule has 2 fully saturated rings. The number of esters is 1. The quantitative estimate of drug-likeness (QED) is 0.675. The predicted octanol–water partition coefficient (Wildman–Crippen LogP) is -0.381. The molecule has 1 saturated carbocycles. The molecule has 1 aliphatic carbocycles. The molecule has 1 heterocycles. The molecule has 0 bridgehead atoms. The van der Waals surface area contributed by atoms with Crippen LogP contribution >= 0.6 is 0 Å². The minimum atomic E-state index is -3.58. The Bertz CT molecular complexity index is 447. The standard InChI is InChI=1S/C12H22N2O5S/c1-2-19-12(16)9-4-3-5-14(8-9)20(17,18)13-10-6-11(15)7-10/h9-11,13,15H,2-8H2,1H3. The van der Waals surface area contributed by atoms with Crippen molar-refractivity contribution in [2.24, 2.45) is 5.92 Å². The van der Waals surface area contributed by atoms with Gasteiger partial charge in [0.2, 0.25) is 0 Å². The van der Waals surface area contributed by atoms with Crippen LogP contribution in [0.3, 0.4) is 0 Å². The summed E-state index contributed by atoms with van der Waals surface area (Å²) >= 11 is 0. The van der Waals surface area contributed by atoms with Gasteiger partial charge < -0.3 is 9.84 Å². The average molecular weight is 306 g/mol. The van der Waals surface area contributed by atoms with Crippen LogP contribution in [-0.2, 0) is 19.7 Å². The van der Waals surface area contributed by atoms with Gasteiger partial charge in [-0.25, -0.2) is 0 Å². The number of hydrogen-bond acceptors (Lipinski definition) is 5. The molecule has 7 nitrogen and oxygen atoms in total. The zero-order chi connectivity index (χ0) is 14.8. The smallest absolute Gasteiger partial charge is 0.310 e. The Morgan fingerprint density at radius 3 is 2.75 bits per heavy atom. The van der Waals surface area contributed by atoms with Gasteiger partial charge in [0.05, 0.1) is 18.6 Å². The lowest BCUT2D eigenvalue weighted by atomic mass is 9.91. The van der Waals surface area contributed by atoms with Crippen LogP contribution in [0.25, 0.3) is 0 Å². The summed E-state index contributed by atoms with van der Waals surface area (Å²) in [5.74, 6) is -0.710. The van der Waals surface area contributed by atoms with Gasteiger partial charge in [-0.15, -0.1) is 0 Å². The summed E-state index contributed by atoms with van der Waals surface area (Å²) in [6.45, 7) is 2.63. The number of carbonyl (C=O) groups excluding carboxylic acids is 1. The number of nitrogens with zero attached hydrogens (tertiary/aromatic N) is 1. The highest BCUT2D eigenvalue weighted by atomic mass is 32.2. The Morgan fingerprint density at radius 1 is 1.45 bits per heavy atom. The summed E-state index contributed by atoms with van der Waals surface area (Å²) in [6, 6.07) is -0.196. The Labute approximate surface area is 119 Å². The Balaban J connectivity index is 1.92. The first kappa shape index (κ1) is 15.7. The third-order valence-electron chi connectivity index (χ3n) is 3.77. The number of aliphatic hydroxyl groups excluding tert-OH is 1. The van der Waals surface area contributed by atoms with Crippen molar-refractivity contribution >= 4 is 16.2 Å². The molecule has 0 amide bonds. The first-order valence-corrected chi connectivity index (χ1v) is 8.48. The van der Waals surface area contributed by atoms with E-state index in [2.05, 4.69) is 4.72 Å². The highest BCUT2D eigenvalue weighted by Crippen LogP contribution is 2.23. The molecule has 1 atom stereocenters. The van der Waals surface area contributed by atoms with Gasteiger partial charge in [-0.05, 0) is 32.6 Å². The Morgan fingerprint density at radius 2 is 2.15 bits per heavy atom. The number of piperidine rings is 1. The van der Waals surface area contributed by atoms with E-state index >= 15 is 0 Å². The van der Waals surface area contributed by atoms with E-state index in [9.17, 15) is 18.3 Å². The average Bonchev–Trinajstić information content (AvgIpc) is 2.37. The van der Waals surface area contributed by atoms with Crippen LogP contribution in [-0.4, -0.2) is 55.6 Å². The van der Waals surface area contributed by atoms with Gasteiger partial charge in [0, 0.05) is 19.1 Å². The minimum Gasteiger partial charge on any atom is -0.466 e. The van der Waals surface area contributed by atoms with Crippen molar-refractivity contribution in [1.29, 1.82) is 0 Å². The van der Waals surface area contributed by atoms with E-state index in [0.717, 1.165) is 0 Å². The fourth-order valence-electron chi connectivity index (χ4n) is 2.58. The van der Waals surface area contributed by atoms with Crippen molar-refractivity contribution in [3.8, 4) is 0 Å². The summed E-state index contributed by atoms with van der Waals surface area (Å²) in [7, 11) is -3.58. The molecule has 0 aromatic rings. The third-order valence-corrected chi connectivity index (χ3v) is 5.42. The van der Waals surface area contributed by atoms with Crippen LogP contribution in [0.2, 0.25) is 0 Å². The minimum absolute atomic E-state index is 0.170. The number of nitrogens with one attached hydrogen (secondary N) is 1. The molecule has 0 aromatic heterocycles. The van der Waals surface area contributed by atoms with Gasteiger partial charge in [0.25, 0.3) is 10.2 Å². The topological polar surface area (TPSA) is 95.9 Å². The van der Waals surface area contributed by atoms with Crippen molar-refractivity contribution in [2.45, 2.75) is 44.8 Å². The molecular formula is C12H22N2O5S. The zero-order valence-electron chi connectivity index (χ0n) is 11.6. The molecule has 2 N–H and O–H groups in total. The number of hydrogen-bond donors (Lipinski definition) is 2. The van der Waals surface area contributed by atoms with Crippen LogP contribution in [0.1, 0.15) is 32.6 Å². The van der Waals surface area contributed by atoms with Crippen LogP contribution in [0.5, 0.6) is 0 Å². The molecule has 1 saturated heterocycles. The maximum Gasteiger partial charge on any atom is 0.310 e. The van der Waals surface area contributed by atoms with Crippen molar-refractivity contribution in [2.75, 3.05) is 19.7 Å². The fourth-order valence-corrected chi connectivity index (χ4v) is 4.09. The monoisotopic (exact) mass is 306 g/mol. The van der Waals surface area contributed by atoms with E-state index in [1.54, 1.807) is 6.92 Å². The Kier molecular flexibility index (Phi) is 5.00. The van der Waals surface area contributed by atoms with Crippen LogP contribution in [0, 0.1) is 5.92 Å². The molecule has 2 rings (SSSR count). The number of ether oxygens (including phenoxy) is 1. The molecule has 8 heteroatoms. The number of carbonyl (C=O) groups is 1. The van der Waals surface area contributed by atoms with E-state index in [1.165, 1.54) is 4.31 Å². The second kappa shape index (κ2) is 6.38. The molecule has 0 aromatic carbocycles. The van der Waals surface area contributed by atoms with Gasteiger partial charge in [0.1, 0.15) is 0 Å². The van der Waals surface area contributed by atoms with Crippen LogP contribution < -0.4 is 4.72 Å². The van der Waals surface area contributed by atoms with Gasteiger partial charge in [-0.1, -0.05) is 0 Å². The van der Waals surface area contributed by atoms with Gasteiger partial charge in [-0.3, -0.25) is 4.79 Å². The Hall–Kier alpha value is -0.700. The molecule has 2 aliphatic rings. The van der Waals surface area contributed by atoms with Gasteiger partial charge in [-0.2, -0.15) is 17.4 Å². The van der Waals surface area contributed by atoms with E-state index in [0.29, 0.717) is 38.8 Å². The van der Waals surface area contributed by atoms with E-state index < -0.39 is 16.3 Å². The van der Waals surface area contributed by atoms with E-state index in [4.69, 9.17) is 4.74 Å².